The first-order valence-electron chi connectivity index (χ1n) is 5.49. The van der Waals surface area contributed by atoms with Crippen LogP contribution in [0, 0.1) is 0 Å². The molecule has 0 aliphatic heterocycles. The topological polar surface area (TPSA) is 76.8 Å². The van der Waals surface area contributed by atoms with Gasteiger partial charge in [0.25, 0.3) is 0 Å². The molecule has 0 unspecified atom stereocenters. The molecule has 0 radical (unpaired) electrons. The lowest BCUT2D eigenvalue weighted by atomic mass is 10.3. The quantitative estimate of drug-likeness (QED) is 0.764. The first kappa shape index (κ1) is 12.0. The Morgan fingerprint density at radius 3 is 2.44 bits per heavy atom. The van der Waals surface area contributed by atoms with E-state index in [1.165, 1.54) is 0 Å². The van der Waals surface area contributed by atoms with Gasteiger partial charge >= 0.3 is 0 Å². The fourth-order valence-electron chi connectivity index (χ4n) is 1.33. The third-order valence-electron chi connectivity index (χ3n) is 2.14. The molecule has 2 aromatic rings. The normalized spacial score (nSPS) is 12.0. The van der Waals surface area contributed by atoms with Gasteiger partial charge in [-0.2, -0.15) is 0 Å². The lowest BCUT2D eigenvalue weighted by Crippen LogP contribution is -2.02. The highest BCUT2D eigenvalue weighted by atomic mass is 15.3. The van der Waals surface area contributed by atoms with Crippen molar-refractivity contribution in [2.75, 3.05) is 0 Å². The number of aromatic nitrogens is 5. The molecule has 18 heavy (non-hydrogen) atoms. The molecule has 0 fully saturated rings. The van der Waals surface area contributed by atoms with E-state index in [0.717, 1.165) is 0 Å². The summed E-state index contributed by atoms with van der Waals surface area (Å²) >= 11 is 0. The van der Waals surface area contributed by atoms with Crippen molar-refractivity contribution in [2.24, 2.45) is 4.99 Å². The second-order valence-electron chi connectivity index (χ2n) is 3.32. The monoisotopic (exact) mass is 240 g/mol. The molecule has 6 nitrogen and oxygen atoms in total. The van der Waals surface area contributed by atoms with Gasteiger partial charge in [-0.05, 0) is 26.0 Å². The fraction of sp³-hybridized carbons (Fsp3) is 0.167. The Balaban J connectivity index is 2.31. The molecule has 2 heterocycles. The number of pyridine rings is 1. The van der Waals surface area contributed by atoms with Crippen molar-refractivity contribution in [2.45, 2.75) is 13.8 Å². The number of hydrogen-bond donors (Lipinski definition) is 0. The van der Waals surface area contributed by atoms with Crippen LogP contribution in [0.25, 0.3) is 17.2 Å². The van der Waals surface area contributed by atoms with Gasteiger partial charge in [-0.15, -0.1) is 20.4 Å². The van der Waals surface area contributed by atoms with Crippen LogP contribution in [0.15, 0.2) is 35.5 Å². The Labute approximate surface area is 105 Å². The molecule has 0 aromatic carbocycles. The van der Waals surface area contributed by atoms with Crippen LogP contribution in [0.1, 0.15) is 19.7 Å². The third-order valence-corrected chi connectivity index (χ3v) is 2.14. The van der Waals surface area contributed by atoms with Gasteiger partial charge in [-0.3, -0.25) is 9.98 Å². The van der Waals surface area contributed by atoms with Crippen molar-refractivity contribution in [3.63, 3.8) is 0 Å². The van der Waals surface area contributed by atoms with E-state index in [4.69, 9.17) is 0 Å². The molecule has 2 aromatic heterocycles. The number of aliphatic imine (C=N–C) groups is 1. The SMILES string of the molecule is CC=N/C(=C\C)c1nnc(-c2ccccn2)nn1. The molecular formula is C12H12N6. The van der Waals surface area contributed by atoms with Crippen LogP contribution in [-0.2, 0) is 0 Å². The van der Waals surface area contributed by atoms with Crippen LogP contribution in [-0.4, -0.2) is 31.6 Å². The van der Waals surface area contributed by atoms with Crippen molar-refractivity contribution in [1.29, 1.82) is 0 Å². The van der Waals surface area contributed by atoms with Crippen LogP contribution >= 0.6 is 0 Å². The predicted octanol–water partition coefficient (Wildman–Crippen LogP) is 1.78. The summed E-state index contributed by atoms with van der Waals surface area (Å²) in [6.07, 6.45) is 5.15. The standard InChI is InChI=1S/C12H12N6/c1-3-9(13-4-2)11-15-17-12(18-16-11)10-7-5-6-8-14-10/h3-8H,1-2H3/b9-3-,13-4?. The Bertz CT molecular complexity index is 559. The van der Waals surface area contributed by atoms with Crippen LogP contribution in [0.4, 0.5) is 0 Å². The van der Waals surface area contributed by atoms with Crippen LogP contribution < -0.4 is 0 Å². The lowest BCUT2D eigenvalue weighted by Gasteiger charge is -1.99. The van der Waals surface area contributed by atoms with Gasteiger partial charge in [-0.25, -0.2) is 0 Å². The Kier molecular flexibility index (Phi) is 3.80. The maximum absolute atomic E-state index is 4.13. The summed E-state index contributed by atoms with van der Waals surface area (Å²) in [7, 11) is 0. The van der Waals surface area contributed by atoms with Crippen LogP contribution in [0.3, 0.4) is 0 Å². The van der Waals surface area contributed by atoms with Gasteiger partial charge in [0, 0.05) is 12.4 Å². The fourth-order valence-corrected chi connectivity index (χ4v) is 1.33. The van der Waals surface area contributed by atoms with Crippen molar-refractivity contribution in [3.05, 3.63) is 36.3 Å². The Morgan fingerprint density at radius 1 is 1.11 bits per heavy atom. The van der Waals surface area contributed by atoms with Crippen molar-refractivity contribution in [1.82, 2.24) is 25.4 Å². The summed E-state index contributed by atoms with van der Waals surface area (Å²) in [5.74, 6) is 0.797. The number of rotatable bonds is 3. The predicted molar refractivity (Wildman–Crippen MR) is 68.7 cm³/mol. The molecular weight excluding hydrogens is 228 g/mol. The number of nitrogens with zero attached hydrogens (tertiary/aromatic N) is 6. The zero-order valence-electron chi connectivity index (χ0n) is 10.1. The van der Waals surface area contributed by atoms with Gasteiger partial charge in [0.2, 0.25) is 11.6 Å². The van der Waals surface area contributed by atoms with Crippen molar-refractivity contribution < 1.29 is 0 Å². The number of hydrogen-bond acceptors (Lipinski definition) is 6. The first-order chi connectivity index (χ1) is 8.85. The summed E-state index contributed by atoms with van der Waals surface area (Å²) in [5, 5.41) is 16.0. The first-order valence-corrected chi connectivity index (χ1v) is 5.49. The van der Waals surface area contributed by atoms with E-state index >= 15 is 0 Å². The summed E-state index contributed by atoms with van der Waals surface area (Å²) < 4.78 is 0. The maximum Gasteiger partial charge on any atom is 0.221 e. The highest BCUT2D eigenvalue weighted by Gasteiger charge is 2.07. The largest absolute Gasteiger partial charge is 0.258 e. The molecule has 90 valence electrons. The highest BCUT2D eigenvalue weighted by molar-refractivity contribution is 5.69. The van der Waals surface area contributed by atoms with E-state index in [2.05, 4.69) is 30.4 Å². The lowest BCUT2D eigenvalue weighted by molar-refractivity contribution is 0.837. The van der Waals surface area contributed by atoms with Gasteiger partial charge in [0.05, 0.1) is 0 Å². The maximum atomic E-state index is 4.13. The van der Waals surface area contributed by atoms with Crippen molar-refractivity contribution in [3.8, 4) is 11.5 Å². The zero-order valence-corrected chi connectivity index (χ0v) is 10.1. The molecule has 2 rings (SSSR count). The van der Waals surface area contributed by atoms with Gasteiger partial charge in [0.15, 0.2) is 0 Å². The Hall–Kier alpha value is -2.50. The molecule has 0 saturated heterocycles. The molecule has 0 atom stereocenters. The van der Waals surface area contributed by atoms with Gasteiger partial charge in [0.1, 0.15) is 11.4 Å². The van der Waals surface area contributed by atoms with E-state index in [9.17, 15) is 0 Å². The molecule has 0 aliphatic rings. The second-order valence-corrected chi connectivity index (χ2v) is 3.32. The van der Waals surface area contributed by atoms with E-state index in [-0.39, 0.29) is 0 Å². The van der Waals surface area contributed by atoms with E-state index in [1.54, 1.807) is 24.6 Å². The summed E-state index contributed by atoms with van der Waals surface area (Å²) in [4.78, 5) is 8.26. The van der Waals surface area contributed by atoms with Crippen LogP contribution in [0.5, 0.6) is 0 Å². The summed E-state index contributed by atoms with van der Waals surface area (Å²) in [6, 6.07) is 5.49. The van der Waals surface area contributed by atoms with E-state index < -0.39 is 0 Å². The smallest absolute Gasteiger partial charge is 0.221 e. The minimum Gasteiger partial charge on any atom is -0.258 e. The average Bonchev–Trinajstić information content (AvgIpc) is 2.46. The van der Waals surface area contributed by atoms with Crippen molar-refractivity contribution >= 4 is 11.9 Å². The molecule has 0 spiro atoms. The highest BCUT2D eigenvalue weighted by Crippen LogP contribution is 2.11. The van der Waals surface area contributed by atoms with E-state index in [1.807, 2.05) is 26.0 Å². The minimum absolute atomic E-state index is 0.398. The molecule has 0 amide bonds. The van der Waals surface area contributed by atoms with Crippen LogP contribution in [0.2, 0.25) is 0 Å². The van der Waals surface area contributed by atoms with Gasteiger partial charge < -0.3 is 0 Å². The molecule has 0 N–H and O–H groups in total. The van der Waals surface area contributed by atoms with Gasteiger partial charge in [-0.1, -0.05) is 12.1 Å². The third kappa shape index (κ3) is 2.60. The van der Waals surface area contributed by atoms with E-state index in [0.29, 0.717) is 23.0 Å². The summed E-state index contributed by atoms with van der Waals surface area (Å²) in [6.45, 7) is 3.69. The summed E-state index contributed by atoms with van der Waals surface area (Å²) in [5.41, 5.74) is 1.29. The zero-order chi connectivity index (χ0) is 12.8. The molecule has 0 aliphatic carbocycles. The second kappa shape index (κ2) is 5.72. The Morgan fingerprint density at radius 2 is 1.89 bits per heavy atom. The average molecular weight is 240 g/mol. The number of allylic oxidation sites excluding steroid dienone is 1. The molecule has 0 saturated carbocycles. The molecule has 6 heteroatoms. The minimum atomic E-state index is 0.398. The molecule has 0 bridgehead atoms.